The quantitative estimate of drug-likeness (QED) is 0.180. The van der Waals surface area contributed by atoms with Crippen molar-refractivity contribution >= 4 is 27.5 Å². The summed E-state index contributed by atoms with van der Waals surface area (Å²) < 4.78 is 55.6. The SMILES string of the molecule is CCCNC(=O)[C@@H](Cc1ccccc1)N(Cc1ccccc1F)C(=O)CN(c1cc(OC)ccc1OC)S(=O)(=O)c1ccc(C)cc1. The van der Waals surface area contributed by atoms with Gasteiger partial charge in [0, 0.05) is 31.1 Å². The topological polar surface area (TPSA) is 105 Å². The molecule has 4 aromatic carbocycles. The van der Waals surface area contributed by atoms with Gasteiger partial charge in [0.2, 0.25) is 11.8 Å². The smallest absolute Gasteiger partial charge is 0.264 e. The Balaban J connectivity index is 1.87. The molecule has 0 spiro atoms. The van der Waals surface area contributed by atoms with Crippen LogP contribution in [-0.4, -0.2) is 58.5 Å². The zero-order valence-electron chi connectivity index (χ0n) is 27.0. The summed E-state index contributed by atoms with van der Waals surface area (Å²) in [6.45, 7) is 3.10. The Hall–Kier alpha value is -4.90. The molecule has 47 heavy (non-hydrogen) atoms. The number of nitrogens with one attached hydrogen (secondary N) is 1. The van der Waals surface area contributed by atoms with Crippen LogP contribution in [0, 0.1) is 12.7 Å². The Bertz CT molecular complexity index is 1770. The van der Waals surface area contributed by atoms with Crippen LogP contribution in [0.1, 0.15) is 30.0 Å². The summed E-state index contributed by atoms with van der Waals surface area (Å²) in [6, 6.07) is 24.9. The normalized spacial score (nSPS) is 11.8. The summed E-state index contributed by atoms with van der Waals surface area (Å²) in [7, 11) is -1.55. The number of carbonyl (C=O) groups is 2. The van der Waals surface area contributed by atoms with E-state index in [1.165, 1.54) is 55.5 Å². The number of methoxy groups -OCH3 is 2. The first-order valence-electron chi connectivity index (χ1n) is 15.2. The molecule has 0 saturated heterocycles. The number of hydrogen-bond donors (Lipinski definition) is 1. The van der Waals surface area contributed by atoms with Gasteiger partial charge in [0.05, 0.1) is 24.8 Å². The molecule has 0 fully saturated rings. The highest BCUT2D eigenvalue weighted by molar-refractivity contribution is 7.92. The minimum atomic E-state index is -4.38. The molecule has 0 radical (unpaired) electrons. The van der Waals surface area contributed by atoms with Crippen molar-refractivity contribution in [1.82, 2.24) is 10.2 Å². The van der Waals surface area contributed by atoms with Crippen molar-refractivity contribution in [3.8, 4) is 11.5 Å². The second-order valence-corrected chi connectivity index (χ2v) is 12.8. The highest BCUT2D eigenvalue weighted by Crippen LogP contribution is 2.36. The van der Waals surface area contributed by atoms with Crippen molar-refractivity contribution in [3.63, 3.8) is 0 Å². The van der Waals surface area contributed by atoms with Gasteiger partial charge in [-0.15, -0.1) is 0 Å². The Labute approximate surface area is 276 Å². The number of hydrogen-bond acceptors (Lipinski definition) is 6. The van der Waals surface area contributed by atoms with Crippen molar-refractivity contribution < 1.29 is 31.9 Å². The summed E-state index contributed by atoms with van der Waals surface area (Å²) in [5.41, 5.74) is 1.85. The number of rotatable bonds is 15. The molecule has 0 heterocycles. The van der Waals surface area contributed by atoms with E-state index in [0.29, 0.717) is 18.7 Å². The van der Waals surface area contributed by atoms with E-state index in [9.17, 15) is 18.0 Å². The van der Waals surface area contributed by atoms with Crippen molar-refractivity contribution in [2.24, 2.45) is 0 Å². The number of aryl methyl sites for hydroxylation is 1. The van der Waals surface area contributed by atoms with E-state index in [-0.39, 0.29) is 34.9 Å². The fourth-order valence-electron chi connectivity index (χ4n) is 5.07. The first kappa shape index (κ1) is 35.0. The average Bonchev–Trinajstić information content (AvgIpc) is 3.08. The van der Waals surface area contributed by atoms with Crippen molar-refractivity contribution in [1.29, 1.82) is 0 Å². The number of benzene rings is 4. The van der Waals surface area contributed by atoms with Crippen molar-refractivity contribution in [2.75, 3.05) is 31.6 Å². The van der Waals surface area contributed by atoms with Gasteiger partial charge in [-0.1, -0.05) is 73.2 Å². The molecule has 4 aromatic rings. The van der Waals surface area contributed by atoms with Crippen LogP contribution in [0.5, 0.6) is 11.5 Å². The van der Waals surface area contributed by atoms with Gasteiger partial charge in [-0.2, -0.15) is 0 Å². The van der Waals surface area contributed by atoms with Crippen LogP contribution < -0.4 is 19.1 Å². The lowest BCUT2D eigenvalue weighted by atomic mass is 10.0. The second kappa shape index (κ2) is 16.1. The van der Waals surface area contributed by atoms with E-state index in [1.807, 2.05) is 44.2 Å². The molecule has 0 aliphatic rings. The lowest BCUT2D eigenvalue weighted by molar-refractivity contribution is -0.140. The minimum absolute atomic E-state index is 0.0528. The maximum atomic E-state index is 15.1. The molecular formula is C36H40FN3O6S. The van der Waals surface area contributed by atoms with Crippen LogP contribution in [0.4, 0.5) is 10.1 Å². The fourth-order valence-corrected chi connectivity index (χ4v) is 6.49. The maximum Gasteiger partial charge on any atom is 0.264 e. The highest BCUT2D eigenvalue weighted by atomic mass is 32.2. The van der Waals surface area contributed by atoms with Gasteiger partial charge >= 0.3 is 0 Å². The molecular weight excluding hydrogens is 621 g/mol. The Morgan fingerprint density at radius 1 is 0.894 bits per heavy atom. The molecule has 248 valence electrons. The van der Waals surface area contributed by atoms with E-state index in [1.54, 1.807) is 30.3 Å². The molecule has 0 aliphatic heterocycles. The first-order chi connectivity index (χ1) is 22.6. The second-order valence-electron chi connectivity index (χ2n) is 11.0. The average molecular weight is 662 g/mol. The van der Waals surface area contributed by atoms with Gasteiger partial charge in [-0.05, 0) is 49.2 Å². The molecule has 9 nitrogen and oxygen atoms in total. The lowest BCUT2D eigenvalue weighted by Gasteiger charge is -2.34. The monoisotopic (exact) mass is 661 g/mol. The summed E-state index contributed by atoms with van der Waals surface area (Å²) in [5, 5.41) is 2.87. The third kappa shape index (κ3) is 8.68. The van der Waals surface area contributed by atoms with Crippen molar-refractivity contribution in [3.05, 3.63) is 120 Å². The van der Waals surface area contributed by atoms with Crippen LogP contribution in [0.3, 0.4) is 0 Å². The molecule has 0 unspecified atom stereocenters. The molecule has 0 bridgehead atoms. The van der Waals surface area contributed by atoms with Gasteiger partial charge in [0.15, 0.2) is 0 Å². The number of nitrogens with zero attached hydrogens (tertiary/aromatic N) is 2. The maximum absolute atomic E-state index is 15.1. The Kier molecular flexibility index (Phi) is 12.0. The van der Waals surface area contributed by atoms with E-state index < -0.39 is 40.2 Å². The molecule has 0 aliphatic carbocycles. The van der Waals surface area contributed by atoms with E-state index in [0.717, 1.165) is 15.4 Å². The van der Waals surface area contributed by atoms with Crippen LogP contribution in [-0.2, 0) is 32.6 Å². The van der Waals surface area contributed by atoms with Crippen LogP contribution >= 0.6 is 0 Å². The number of ether oxygens (including phenoxy) is 2. The summed E-state index contributed by atoms with van der Waals surface area (Å²) in [5.74, 6) is -1.21. The molecule has 1 N–H and O–H groups in total. The van der Waals surface area contributed by atoms with Gasteiger partial charge in [0.1, 0.15) is 29.9 Å². The predicted octanol–water partition coefficient (Wildman–Crippen LogP) is 5.51. The third-order valence-corrected chi connectivity index (χ3v) is 9.44. The van der Waals surface area contributed by atoms with Crippen LogP contribution in [0.25, 0.3) is 0 Å². The standard InChI is InChI=1S/C36H40FN3O6S/c1-5-21-38-36(42)33(22-27-11-7-6-8-12-27)39(24-28-13-9-10-14-31(28)37)35(41)25-40(32-23-29(45-3)17-20-34(32)46-4)47(43,44)30-18-15-26(2)16-19-30/h6-20,23,33H,5,21-22,24-25H2,1-4H3,(H,38,42)/t33-/m1/s1. The Morgan fingerprint density at radius 3 is 2.21 bits per heavy atom. The molecule has 2 amide bonds. The van der Waals surface area contributed by atoms with Crippen LogP contribution in [0.2, 0.25) is 0 Å². The first-order valence-corrected chi connectivity index (χ1v) is 16.7. The van der Waals surface area contributed by atoms with E-state index in [2.05, 4.69) is 5.32 Å². The highest BCUT2D eigenvalue weighted by Gasteiger charge is 2.36. The zero-order valence-corrected chi connectivity index (χ0v) is 27.8. The van der Waals surface area contributed by atoms with E-state index in [4.69, 9.17) is 9.47 Å². The summed E-state index contributed by atoms with van der Waals surface area (Å²) in [4.78, 5) is 29.5. The molecule has 4 rings (SSSR count). The number of anilines is 1. The van der Waals surface area contributed by atoms with Gasteiger partial charge in [-0.25, -0.2) is 12.8 Å². The summed E-state index contributed by atoms with van der Waals surface area (Å²) >= 11 is 0. The minimum Gasteiger partial charge on any atom is -0.497 e. The third-order valence-electron chi connectivity index (χ3n) is 7.66. The molecule has 0 saturated carbocycles. The van der Waals surface area contributed by atoms with Crippen molar-refractivity contribution in [2.45, 2.75) is 44.2 Å². The van der Waals surface area contributed by atoms with E-state index >= 15 is 4.39 Å². The molecule has 11 heteroatoms. The van der Waals surface area contributed by atoms with Gasteiger partial charge in [0.25, 0.3) is 10.0 Å². The predicted molar refractivity (Wildman–Crippen MR) is 179 cm³/mol. The molecule has 0 aromatic heterocycles. The number of sulfonamides is 1. The van der Waals surface area contributed by atoms with Gasteiger partial charge in [-0.3, -0.25) is 13.9 Å². The lowest BCUT2D eigenvalue weighted by Crippen LogP contribution is -2.53. The zero-order chi connectivity index (χ0) is 34.0. The fraction of sp³-hybridized carbons (Fsp3) is 0.278. The Morgan fingerprint density at radius 2 is 1.57 bits per heavy atom. The van der Waals surface area contributed by atoms with Gasteiger partial charge < -0.3 is 19.7 Å². The number of halogens is 1. The largest absolute Gasteiger partial charge is 0.497 e. The number of amides is 2. The van der Waals surface area contributed by atoms with Crippen LogP contribution in [0.15, 0.2) is 102 Å². The molecule has 1 atom stereocenters. The number of carbonyl (C=O) groups excluding carboxylic acids is 2. The summed E-state index contributed by atoms with van der Waals surface area (Å²) in [6.07, 6.45) is 0.771.